The Balaban J connectivity index is 1.91. The topological polar surface area (TPSA) is 26.3 Å². The van der Waals surface area contributed by atoms with Crippen LogP contribution in [0.4, 0.5) is 0 Å². The molecule has 0 N–H and O–H groups in total. The molecular weight excluding hydrogens is 272 g/mol. The zero-order valence-electron chi connectivity index (χ0n) is 10.8. The Hall–Kier alpha value is -2.06. The van der Waals surface area contributed by atoms with Gasteiger partial charge in [0.05, 0.1) is 10.6 Å². The number of carbonyl (C=O) groups is 1. The summed E-state index contributed by atoms with van der Waals surface area (Å²) >= 11 is 6.34. The maximum atomic E-state index is 12.0. The summed E-state index contributed by atoms with van der Waals surface area (Å²) in [5.74, 6) is -0.326. The zero-order chi connectivity index (χ0) is 13.9. The summed E-state index contributed by atoms with van der Waals surface area (Å²) in [6, 6.07) is 19.2. The normalized spacial score (nSPS) is 20.6. The molecule has 0 bridgehead atoms. The monoisotopic (exact) mass is 284 g/mol. The minimum atomic E-state index is -0.326. The molecule has 0 saturated carbocycles. The molecule has 0 spiro atoms. The fourth-order valence-electron chi connectivity index (χ4n) is 2.30. The third-order valence-electron chi connectivity index (χ3n) is 3.35. The van der Waals surface area contributed by atoms with E-state index in [0.29, 0.717) is 17.0 Å². The average molecular weight is 285 g/mol. The Kier molecular flexibility index (Phi) is 3.57. The SMILES string of the molecule is O=C1O[C@@H](c2ccccc2)C/C1=C(/Cl)c1ccccc1. The second-order valence-electron chi connectivity index (χ2n) is 4.67. The molecule has 2 nitrogen and oxygen atoms in total. The van der Waals surface area contributed by atoms with Crippen molar-refractivity contribution in [1.82, 2.24) is 0 Å². The van der Waals surface area contributed by atoms with Crippen molar-refractivity contribution in [3.63, 3.8) is 0 Å². The van der Waals surface area contributed by atoms with Gasteiger partial charge in [-0.25, -0.2) is 4.79 Å². The molecule has 3 heteroatoms. The van der Waals surface area contributed by atoms with Gasteiger partial charge in [-0.2, -0.15) is 0 Å². The number of halogens is 1. The lowest BCUT2D eigenvalue weighted by Crippen LogP contribution is -1.99. The molecule has 1 fully saturated rings. The van der Waals surface area contributed by atoms with E-state index in [1.165, 1.54) is 0 Å². The first-order chi connectivity index (χ1) is 9.75. The maximum absolute atomic E-state index is 12.0. The van der Waals surface area contributed by atoms with Crippen LogP contribution in [0.3, 0.4) is 0 Å². The summed E-state index contributed by atoms with van der Waals surface area (Å²) < 4.78 is 5.42. The highest BCUT2D eigenvalue weighted by Crippen LogP contribution is 2.38. The van der Waals surface area contributed by atoms with Crippen LogP contribution in [0, 0.1) is 0 Å². The number of benzene rings is 2. The highest BCUT2D eigenvalue weighted by Gasteiger charge is 2.32. The summed E-state index contributed by atoms with van der Waals surface area (Å²) in [6.45, 7) is 0. The first kappa shape index (κ1) is 12.9. The van der Waals surface area contributed by atoms with Gasteiger partial charge in [-0.3, -0.25) is 0 Å². The van der Waals surface area contributed by atoms with E-state index in [4.69, 9.17) is 16.3 Å². The van der Waals surface area contributed by atoms with E-state index in [1.807, 2.05) is 60.7 Å². The summed E-state index contributed by atoms with van der Waals surface area (Å²) in [4.78, 5) is 12.0. The Morgan fingerprint density at radius 1 is 1.00 bits per heavy atom. The molecular formula is C17H13ClO2. The Morgan fingerprint density at radius 3 is 2.25 bits per heavy atom. The molecule has 2 aromatic carbocycles. The Labute approximate surface area is 122 Å². The molecule has 100 valence electrons. The Bertz CT molecular complexity index is 647. The van der Waals surface area contributed by atoms with Gasteiger partial charge in [-0.1, -0.05) is 72.3 Å². The summed E-state index contributed by atoms with van der Waals surface area (Å²) in [7, 11) is 0. The molecule has 0 radical (unpaired) electrons. The van der Waals surface area contributed by atoms with Gasteiger partial charge < -0.3 is 4.74 Å². The van der Waals surface area contributed by atoms with Crippen molar-refractivity contribution < 1.29 is 9.53 Å². The van der Waals surface area contributed by atoms with Crippen molar-refractivity contribution in [1.29, 1.82) is 0 Å². The van der Waals surface area contributed by atoms with Crippen molar-refractivity contribution in [3.8, 4) is 0 Å². The lowest BCUT2D eigenvalue weighted by molar-refractivity contribution is -0.139. The second-order valence-corrected chi connectivity index (χ2v) is 5.05. The molecule has 3 rings (SSSR count). The second kappa shape index (κ2) is 5.51. The quantitative estimate of drug-likeness (QED) is 0.606. The first-order valence-corrected chi connectivity index (χ1v) is 6.83. The number of hydrogen-bond acceptors (Lipinski definition) is 2. The largest absolute Gasteiger partial charge is 0.454 e. The fourth-order valence-corrected chi connectivity index (χ4v) is 2.58. The van der Waals surface area contributed by atoms with Crippen LogP contribution in [-0.4, -0.2) is 5.97 Å². The number of rotatable bonds is 2. The van der Waals surface area contributed by atoms with Crippen molar-refractivity contribution in [3.05, 3.63) is 77.4 Å². The van der Waals surface area contributed by atoms with Crippen LogP contribution in [0.25, 0.3) is 5.03 Å². The number of hydrogen-bond donors (Lipinski definition) is 0. The van der Waals surface area contributed by atoms with Crippen LogP contribution in [0.5, 0.6) is 0 Å². The van der Waals surface area contributed by atoms with Gasteiger partial charge in [-0.15, -0.1) is 0 Å². The predicted molar refractivity (Wildman–Crippen MR) is 79.1 cm³/mol. The van der Waals surface area contributed by atoms with E-state index in [9.17, 15) is 4.79 Å². The van der Waals surface area contributed by atoms with Gasteiger partial charge in [0.15, 0.2) is 0 Å². The van der Waals surface area contributed by atoms with E-state index in [1.54, 1.807) is 0 Å². The average Bonchev–Trinajstić information content (AvgIpc) is 2.90. The van der Waals surface area contributed by atoms with Crippen LogP contribution in [-0.2, 0) is 9.53 Å². The molecule has 1 saturated heterocycles. The van der Waals surface area contributed by atoms with Gasteiger partial charge in [0.25, 0.3) is 0 Å². The molecule has 1 atom stereocenters. The van der Waals surface area contributed by atoms with Crippen LogP contribution < -0.4 is 0 Å². The molecule has 0 aliphatic carbocycles. The molecule has 2 aromatic rings. The van der Waals surface area contributed by atoms with Gasteiger partial charge >= 0.3 is 5.97 Å². The molecule has 1 aliphatic heterocycles. The Morgan fingerprint density at radius 2 is 1.60 bits per heavy atom. The van der Waals surface area contributed by atoms with E-state index in [-0.39, 0.29) is 12.1 Å². The third kappa shape index (κ3) is 2.47. The molecule has 0 aromatic heterocycles. The molecule has 20 heavy (non-hydrogen) atoms. The van der Waals surface area contributed by atoms with E-state index in [2.05, 4.69) is 0 Å². The van der Waals surface area contributed by atoms with Crippen molar-refractivity contribution in [2.75, 3.05) is 0 Å². The molecule has 0 unspecified atom stereocenters. The minimum Gasteiger partial charge on any atom is -0.454 e. The summed E-state index contributed by atoms with van der Waals surface area (Å²) in [6.07, 6.45) is 0.271. The van der Waals surface area contributed by atoms with Gasteiger partial charge in [0.2, 0.25) is 0 Å². The minimum absolute atomic E-state index is 0.240. The zero-order valence-corrected chi connectivity index (χ0v) is 11.5. The van der Waals surface area contributed by atoms with Crippen LogP contribution in [0.1, 0.15) is 23.7 Å². The summed E-state index contributed by atoms with van der Waals surface area (Å²) in [5.41, 5.74) is 2.38. The highest BCUT2D eigenvalue weighted by atomic mass is 35.5. The van der Waals surface area contributed by atoms with E-state index < -0.39 is 0 Å². The van der Waals surface area contributed by atoms with E-state index >= 15 is 0 Å². The van der Waals surface area contributed by atoms with Gasteiger partial charge in [-0.05, 0) is 11.1 Å². The number of cyclic esters (lactones) is 1. The fraction of sp³-hybridized carbons (Fsp3) is 0.118. The third-order valence-corrected chi connectivity index (χ3v) is 3.80. The number of carbonyl (C=O) groups excluding carboxylic acids is 1. The standard InChI is InChI=1S/C17H13ClO2/c18-16(13-9-5-2-6-10-13)14-11-15(20-17(14)19)12-7-3-1-4-8-12/h1-10,15H,11H2/b16-14-/t15-/m1/s1. The maximum Gasteiger partial charge on any atom is 0.336 e. The summed E-state index contributed by atoms with van der Waals surface area (Å²) in [5, 5.41) is 0.481. The van der Waals surface area contributed by atoms with E-state index in [0.717, 1.165) is 11.1 Å². The van der Waals surface area contributed by atoms with Crippen molar-refractivity contribution in [2.24, 2.45) is 0 Å². The number of ether oxygens (including phenoxy) is 1. The number of esters is 1. The predicted octanol–water partition coefficient (Wildman–Crippen LogP) is 4.32. The molecule has 1 heterocycles. The lowest BCUT2D eigenvalue weighted by Gasteiger charge is -2.07. The van der Waals surface area contributed by atoms with Gasteiger partial charge in [0, 0.05) is 6.42 Å². The van der Waals surface area contributed by atoms with Crippen LogP contribution in [0.15, 0.2) is 66.2 Å². The van der Waals surface area contributed by atoms with Crippen LogP contribution in [0.2, 0.25) is 0 Å². The highest BCUT2D eigenvalue weighted by molar-refractivity contribution is 6.51. The molecule has 1 aliphatic rings. The first-order valence-electron chi connectivity index (χ1n) is 6.45. The van der Waals surface area contributed by atoms with Crippen LogP contribution >= 0.6 is 11.6 Å². The van der Waals surface area contributed by atoms with Crippen molar-refractivity contribution in [2.45, 2.75) is 12.5 Å². The smallest absolute Gasteiger partial charge is 0.336 e. The lowest BCUT2D eigenvalue weighted by atomic mass is 10.0. The van der Waals surface area contributed by atoms with Gasteiger partial charge in [0.1, 0.15) is 6.10 Å². The van der Waals surface area contributed by atoms with Crippen molar-refractivity contribution >= 4 is 22.6 Å². The molecule has 0 amide bonds.